The molecule has 0 saturated carbocycles. The van der Waals surface area contributed by atoms with Crippen molar-refractivity contribution in [2.24, 2.45) is 0 Å². The summed E-state index contributed by atoms with van der Waals surface area (Å²) in [6.45, 7) is 3.98. The van der Waals surface area contributed by atoms with E-state index >= 15 is 0 Å². The van der Waals surface area contributed by atoms with Gasteiger partial charge in [0.05, 0.1) is 4.90 Å². The van der Waals surface area contributed by atoms with E-state index in [2.05, 4.69) is 11.6 Å². The van der Waals surface area contributed by atoms with Crippen molar-refractivity contribution >= 4 is 16.0 Å². The molecule has 6 heteroatoms. The summed E-state index contributed by atoms with van der Waals surface area (Å²) >= 11 is 0. The lowest BCUT2D eigenvalue weighted by Gasteiger charge is -2.14. The molecule has 1 rings (SSSR count). The first-order valence-corrected chi connectivity index (χ1v) is 8.73. The van der Waals surface area contributed by atoms with Crippen molar-refractivity contribution in [1.82, 2.24) is 4.72 Å². The van der Waals surface area contributed by atoms with Crippen LogP contribution < -0.4 is 4.72 Å². The van der Waals surface area contributed by atoms with E-state index < -0.39 is 22.0 Å². The van der Waals surface area contributed by atoms with Gasteiger partial charge in [-0.15, -0.1) is 0 Å². The van der Waals surface area contributed by atoms with Crippen LogP contribution in [0.25, 0.3) is 0 Å². The topological polar surface area (TPSA) is 83.5 Å². The summed E-state index contributed by atoms with van der Waals surface area (Å²) in [6.07, 6.45) is 3.65. The van der Waals surface area contributed by atoms with E-state index in [1.54, 1.807) is 12.1 Å². The summed E-state index contributed by atoms with van der Waals surface area (Å²) in [6, 6.07) is 5.49. The van der Waals surface area contributed by atoms with Crippen molar-refractivity contribution in [2.45, 2.75) is 56.9 Å². The minimum Gasteiger partial charge on any atom is -0.480 e. The molecule has 0 fully saturated rings. The summed E-state index contributed by atoms with van der Waals surface area (Å²) in [5, 5.41) is 9.10. The highest BCUT2D eigenvalue weighted by Gasteiger charge is 2.24. The fraction of sp³-hybridized carbons (Fsp3) is 0.533. The SMILES string of the molecule is CCCC[C@H](NS(=O)(=O)c1ccc(CCC)cc1)C(=O)O. The molecule has 1 atom stereocenters. The molecule has 118 valence electrons. The predicted octanol–water partition coefficient (Wildman–Crippen LogP) is 2.56. The van der Waals surface area contributed by atoms with Crippen LogP contribution in [-0.2, 0) is 21.2 Å². The van der Waals surface area contributed by atoms with Crippen LogP contribution in [0.5, 0.6) is 0 Å². The van der Waals surface area contributed by atoms with E-state index in [0.717, 1.165) is 24.8 Å². The van der Waals surface area contributed by atoms with Crippen molar-refractivity contribution in [1.29, 1.82) is 0 Å². The van der Waals surface area contributed by atoms with Crippen molar-refractivity contribution < 1.29 is 18.3 Å². The average molecular weight is 313 g/mol. The van der Waals surface area contributed by atoms with Gasteiger partial charge in [-0.3, -0.25) is 4.79 Å². The van der Waals surface area contributed by atoms with Gasteiger partial charge in [-0.1, -0.05) is 45.2 Å². The number of hydrogen-bond donors (Lipinski definition) is 2. The molecule has 21 heavy (non-hydrogen) atoms. The van der Waals surface area contributed by atoms with Gasteiger partial charge in [0, 0.05) is 0 Å². The molecule has 1 aromatic rings. The summed E-state index contributed by atoms with van der Waals surface area (Å²) in [7, 11) is -3.80. The Bertz CT molecular complexity index is 552. The largest absolute Gasteiger partial charge is 0.480 e. The van der Waals surface area contributed by atoms with E-state index in [0.29, 0.717) is 12.8 Å². The highest BCUT2D eigenvalue weighted by atomic mass is 32.2. The van der Waals surface area contributed by atoms with Crippen LogP contribution >= 0.6 is 0 Å². The molecule has 0 unspecified atom stereocenters. The molecule has 0 aliphatic carbocycles. The van der Waals surface area contributed by atoms with E-state index in [-0.39, 0.29) is 4.90 Å². The maximum absolute atomic E-state index is 12.2. The van der Waals surface area contributed by atoms with Crippen molar-refractivity contribution in [3.05, 3.63) is 29.8 Å². The first-order chi connectivity index (χ1) is 9.90. The van der Waals surface area contributed by atoms with Crippen LogP contribution in [0.15, 0.2) is 29.2 Å². The van der Waals surface area contributed by atoms with Crippen LogP contribution in [0.2, 0.25) is 0 Å². The fourth-order valence-electron chi connectivity index (χ4n) is 2.02. The molecular formula is C15H23NO4S. The van der Waals surface area contributed by atoms with E-state index in [1.165, 1.54) is 12.1 Å². The quantitative estimate of drug-likeness (QED) is 0.734. The maximum atomic E-state index is 12.2. The van der Waals surface area contributed by atoms with Crippen LogP contribution in [0.4, 0.5) is 0 Å². The molecule has 0 spiro atoms. The number of carboxylic acids is 1. The third-order valence-corrected chi connectivity index (χ3v) is 4.70. The Kier molecular flexibility index (Phi) is 6.84. The van der Waals surface area contributed by atoms with Crippen LogP contribution in [-0.4, -0.2) is 25.5 Å². The van der Waals surface area contributed by atoms with Gasteiger partial charge in [-0.05, 0) is 30.5 Å². The zero-order valence-electron chi connectivity index (χ0n) is 12.5. The fourth-order valence-corrected chi connectivity index (χ4v) is 3.24. The van der Waals surface area contributed by atoms with E-state index in [9.17, 15) is 13.2 Å². The van der Waals surface area contributed by atoms with Crippen LogP contribution in [0, 0.1) is 0 Å². The molecule has 0 saturated heterocycles. The molecule has 1 aromatic carbocycles. The number of aryl methyl sites for hydroxylation is 1. The zero-order valence-corrected chi connectivity index (χ0v) is 13.3. The molecule has 0 aliphatic rings. The molecule has 0 radical (unpaired) electrons. The standard InChI is InChI=1S/C15H23NO4S/c1-3-5-7-14(15(17)18)16-21(19,20)13-10-8-12(6-4-2)9-11-13/h8-11,14,16H,3-7H2,1-2H3,(H,17,18)/t14-/m0/s1. The van der Waals surface area contributed by atoms with Gasteiger partial charge in [0.2, 0.25) is 10.0 Å². The summed E-state index contributed by atoms with van der Waals surface area (Å²) < 4.78 is 26.7. The number of benzene rings is 1. The second kappa shape index (κ2) is 8.14. The van der Waals surface area contributed by atoms with Crippen LogP contribution in [0.1, 0.15) is 45.1 Å². The highest BCUT2D eigenvalue weighted by Crippen LogP contribution is 2.13. The highest BCUT2D eigenvalue weighted by molar-refractivity contribution is 7.89. The number of rotatable bonds is 9. The number of carboxylic acid groups (broad SMARTS) is 1. The summed E-state index contributed by atoms with van der Waals surface area (Å²) in [4.78, 5) is 11.2. The Morgan fingerprint density at radius 3 is 2.29 bits per heavy atom. The Morgan fingerprint density at radius 2 is 1.81 bits per heavy atom. The monoisotopic (exact) mass is 313 g/mol. The first kappa shape index (κ1) is 17.7. The molecule has 0 bridgehead atoms. The van der Waals surface area contributed by atoms with Gasteiger partial charge in [-0.2, -0.15) is 4.72 Å². The Balaban J connectivity index is 2.85. The molecular weight excluding hydrogens is 290 g/mol. The Morgan fingerprint density at radius 1 is 1.19 bits per heavy atom. The van der Waals surface area contributed by atoms with Gasteiger partial charge in [0.15, 0.2) is 0 Å². The molecule has 2 N–H and O–H groups in total. The minimum atomic E-state index is -3.80. The molecule has 5 nitrogen and oxygen atoms in total. The van der Waals surface area contributed by atoms with Gasteiger partial charge in [-0.25, -0.2) is 8.42 Å². The van der Waals surface area contributed by atoms with Crippen molar-refractivity contribution in [2.75, 3.05) is 0 Å². The maximum Gasteiger partial charge on any atom is 0.321 e. The van der Waals surface area contributed by atoms with Gasteiger partial charge in [0.1, 0.15) is 6.04 Å². The average Bonchev–Trinajstić information content (AvgIpc) is 2.44. The third kappa shape index (κ3) is 5.47. The molecule has 0 heterocycles. The lowest BCUT2D eigenvalue weighted by atomic mass is 10.1. The second-order valence-corrected chi connectivity index (χ2v) is 6.76. The first-order valence-electron chi connectivity index (χ1n) is 7.24. The summed E-state index contributed by atoms with van der Waals surface area (Å²) in [5.41, 5.74) is 1.07. The number of aliphatic carboxylic acids is 1. The lowest BCUT2D eigenvalue weighted by molar-refractivity contribution is -0.139. The van der Waals surface area contributed by atoms with Gasteiger partial charge < -0.3 is 5.11 Å². The van der Waals surface area contributed by atoms with E-state index in [1.807, 2.05) is 6.92 Å². The van der Waals surface area contributed by atoms with Crippen LogP contribution in [0.3, 0.4) is 0 Å². The number of unbranched alkanes of at least 4 members (excludes halogenated alkanes) is 1. The summed E-state index contributed by atoms with van der Waals surface area (Å²) in [5.74, 6) is -1.14. The molecule has 0 amide bonds. The van der Waals surface area contributed by atoms with E-state index in [4.69, 9.17) is 5.11 Å². The molecule has 0 aromatic heterocycles. The Hall–Kier alpha value is -1.40. The zero-order chi connectivity index (χ0) is 15.9. The van der Waals surface area contributed by atoms with Crippen molar-refractivity contribution in [3.8, 4) is 0 Å². The van der Waals surface area contributed by atoms with Gasteiger partial charge >= 0.3 is 5.97 Å². The Labute approximate surface area is 126 Å². The predicted molar refractivity (Wildman–Crippen MR) is 81.7 cm³/mol. The normalized spacial score (nSPS) is 13.0. The number of nitrogens with one attached hydrogen (secondary N) is 1. The smallest absolute Gasteiger partial charge is 0.321 e. The molecule has 0 aliphatic heterocycles. The number of hydrogen-bond acceptors (Lipinski definition) is 3. The number of sulfonamides is 1. The second-order valence-electron chi connectivity index (χ2n) is 5.05. The number of carbonyl (C=O) groups is 1. The van der Waals surface area contributed by atoms with Crippen molar-refractivity contribution in [3.63, 3.8) is 0 Å². The third-order valence-electron chi connectivity index (χ3n) is 3.21. The van der Waals surface area contributed by atoms with Gasteiger partial charge in [0.25, 0.3) is 0 Å². The minimum absolute atomic E-state index is 0.102. The lowest BCUT2D eigenvalue weighted by Crippen LogP contribution is -2.40.